The Balaban J connectivity index is 1.76. The summed E-state index contributed by atoms with van der Waals surface area (Å²) in [4.78, 5) is 0.143. The van der Waals surface area contributed by atoms with E-state index in [1.54, 1.807) is 6.07 Å². The number of ether oxygens (including phenoxy) is 2. The van der Waals surface area contributed by atoms with Crippen LogP contribution in [-0.2, 0) is 16.4 Å². The number of sulfonamides is 1. The second kappa shape index (κ2) is 5.66. The van der Waals surface area contributed by atoms with Gasteiger partial charge in [0.15, 0.2) is 11.5 Å². The topological polar surface area (TPSA) is 55.8 Å². The van der Waals surface area contributed by atoms with E-state index in [0.29, 0.717) is 55.4 Å². The molecule has 0 unspecified atom stereocenters. The van der Waals surface area contributed by atoms with Crippen LogP contribution in [-0.4, -0.2) is 28.2 Å². The fraction of sp³-hybridized carbons (Fsp3) is 0.294. The Bertz CT molecular complexity index is 897. The summed E-state index contributed by atoms with van der Waals surface area (Å²) in [6.07, 6.45) is 1.32. The van der Waals surface area contributed by atoms with Crippen molar-refractivity contribution in [1.29, 1.82) is 0 Å². The monoisotopic (exact) mass is 349 g/mol. The molecule has 2 heterocycles. The molecule has 7 heteroatoms. The zero-order valence-electron chi connectivity index (χ0n) is 12.9. The van der Waals surface area contributed by atoms with Gasteiger partial charge in [-0.05, 0) is 48.7 Å². The Labute approximate surface area is 139 Å². The Morgan fingerprint density at radius 2 is 1.79 bits per heavy atom. The summed E-state index contributed by atoms with van der Waals surface area (Å²) in [6, 6.07) is 8.83. The highest BCUT2D eigenvalue weighted by atomic mass is 32.2. The van der Waals surface area contributed by atoms with Crippen molar-refractivity contribution < 1.29 is 22.3 Å². The van der Waals surface area contributed by atoms with E-state index >= 15 is 0 Å². The molecule has 0 radical (unpaired) electrons. The van der Waals surface area contributed by atoms with Crippen molar-refractivity contribution in [1.82, 2.24) is 0 Å². The molecule has 0 bridgehead atoms. The fourth-order valence-corrected chi connectivity index (χ4v) is 4.65. The summed E-state index contributed by atoms with van der Waals surface area (Å²) in [5, 5.41) is 0. The summed E-state index contributed by atoms with van der Waals surface area (Å²) in [5.41, 5.74) is 1.25. The zero-order valence-corrected chi connectivity index (χ0v) is 13.7. The lowest BCUT2D eigenvalue weighted by Crippen LogP contribution is -2.35. The standard InChI is InChI=1S/C17H16FNO4S/c18-13-3-5-15-12(10-13)2-1-7-19(15)24(20,21)14-4-6-16-17(11-14)23-9-8-22-16/h3-6,10-11H,1-2,7-9H2. The summed E-state index contributed by atoms with van der Waals surface area (Å²) in [6.45, 7) is 1.21. The third-order valence-electron chi connectivity index (χ3n) is 4.22. The summed E-state index contributed by atoms with van der Waals surface area (Å²) in [5.74, 6) is 0.618. The predicted octanol–water partition coefficient (Wildman–Crippen LogP) is 2.74. The minimum absolute atomic E-state index is 0.143. The third kappa shape index (κ3) is 2.49. The second-order valence-corrected chi connectivity index (χ2v) is 7.62. The van der Waals surface area contributed by atoms with Crippen molar-refractivity contribution in [3.8, 4) is 11.5 Å². The molecule has 0 spiro atoms. The Hall–Kier alpha value is -2.28. The van der Waals surface area contributed by atoms with Crippen molar-refractivity contribution in [2.24, 2.45) is 0 Å². The van der Waals surface area contributed by atoms with Crippen LogP contribution in [0.25, 0.3) is 0 Å². The van der Waals surface area contributed by atoms with Gasteiger partial charge in [-0.2, -0.15) is 0 Å². The molecule has 2 aromatic rings. The predicted molar refractivity (Wildman–Crippen MR) is 86.7 cm³/mol. The van der Waals surface area contributed by atoms with Gasteiger partial charge in [-0.3, -0.25) is 4.31 Å². The van der Waals surface area contributed by atoms with Gasteiger partial charge in [0.25, 0.3) is 10.0 Å². The molecule has 0 saturated heterocycles. The molecular weight excluding hydrogens is 333 g/mol. The van der Waals surface area contributed by atoms with Gasteiger partial charge in [-0.25, -0.2) is 12.8 Å². The van der Waals surface area contributed by atoms with Crippen LogP contribution in [0.5, 0.6) is 11.5 Å². The van der Waals surface area contributed by atoms with E-state index in [1.165, 1.54) is 34.6 Å². The Kier molecular flexibility index (Phi) is 3.60. The molecule has 0 saturated carbocycles. The van der Waals surface area contributed by atoms with Crippen LogP contribution in [0.2, 0.25) is 0 Å². The molecule has 5 nitrogen and oxygen atoms in total. The number of anilines is 1. The average Bonchev–Trinajstić information content (AvgIpc) is 2.60. The number of rotatable bonds is 2. The molecule has 2 aliphatic heterocycles. The molecule has 0 N–H and O–H groups in total. The molecular formula is C17H16FNO4S. The largest absolute Gasteiger partial charge is 0.486 e. The molecule has 0 atom stereocenters. The van der Waals surface area contributed by atoms with Gasteiger partial charge >= 0.3 is 0 Å². The molecule has 0 aliphatic carbocycles. The highest BCUT2D eigenvalue weighted by Gasteiger charge is 2.30. The van der Waals surface area contributed by atoms with E-state index in [-0.39, 0.29) is 10.7 Å². The highest BCUT2D eigenvalue weighted by molar-refractivity contribution is 7.92. The number of hydrogen-bond acceptors (Lipinski definition) is 4. The molecule has 0 fully saturated rings. The maximum absolute atomic E-state index is 13.4. The molecule has 4 rings (SSSR count). The molecule has 2 aromatic carbocycles. The van der Waals surface area contributed by atoms with Gasteiger partial charge < -0.3 is 9.47 Å². The van der Waals surface area contributed by atoms with Crippen LogP contribution in [0.1, 0.15) is 12.0 Å². The van der Waals surface area contributed by atoms with Gasteiger partial charge in [0.2, 0.25) is 0 Å². The average molecular weight is 349 g/mol. The Morgan fingerprint density at radius 1 is 1.00 bits per heavy atom. The van der Waals surface area contributed by atoms with Crippen molar-refractivity contribution in [3.05, 3.63) is 47.8 Å². The molecule has 126 valence electrons. The lowest BCUT2D eigenvalue weighted by molar-refractivity contribution is 0.171. The van der Waals surface area contributed by atoms with E-state index in [1.807, 2.05) is 0 Å². The van der Waals surface area contributed by atoms with Crippen molar-refractivity contribution in [3.63, 3.8) is 0 Å². The SMILES string of the molecule is O=S(=O)(c1ccc2c(c1)OCCO2)N1CCCc2cc(F)ccc21. The van der Waals surface area contributed by atoms with Crippen LogP contribution in [0, 0.1) is 5.82 Å². The third-order valence-corrected chi connectivity index (χ3v) is 6.03. The highest BCUT2D eigenvalue weighted by Crippen LogP contribution is 2.36. The smallest absolute Gasteiger partial charge is 0.264 e. The number of fused-ring (bicyclic) bond motifs is 2. The summed E-state index contributed by atoms with van der Waals surface area (Å²) < 4.78 is 51.8. The molecule has 2 aliphatic rings. The number of benzene rings is 2. The summed E-state index contributed by atoms with van der Waals surface area (Å²) >= 11 is 0. The van der Waals surface area contributed by atoms with Crippen molar-refractivity contribution in [2.45, 2.75) is 17.7 Å². The maximum atomic E-state index is 13.4. The lowest BCUT2D eigenvalue weighted by Gasteiger charge is -2.30. The first-order valence-corrected chi connectivity index (χ1v) is 9.20. The molecule has 0 amide bonds. The minimum atomic E-state index is -3.75. The first-order chi connectivity index (χ1) is 11.6. The first-order valence-electron chi connectivity index (χ1n) is 7.76. The quantitative estimate of drug-likeness (QED) is 0.837. The van der Waals surface area contributed by atoms with Crippen LogP contribution < -0.4 is 13.8 Å². The lowest BCUT2D eigenvalue weighted by atomic mass is 10.0. The van der Waals surface area contributed by atoms with Gasteiger partial charge in [0.05, 0.1) is 10.6 Å². The van der Waals surface area contributed by atoms with Crippen LogP contribution >= 0.6 is 0 Å². The molecule has 0 aromatic heterocycles. The maximum Gasteiger partial charge on any atom is 0.264 e. The van der Waals surface area contributed by atoms with E-state index < -0.39 is 10.0 Å². The zero-order chi connectivity index (χ0) is 16.7. The van der Waals surface area contributed by atoms with Crippen LogP contribution in [0.15, 0.2) is 41.3 Å². The Morgan fingerprint density at radius 3 is 2.62 bits per heavy atom. The van der Waals surface area contributed by atoms with Gasteiger partial charge in [0, 0.05) is 12.6 Å². The normalized spacial score (nSPS) is 16.6. The van der Waals surface area contributed by atoms with Crippen molar-refractivity contribution >= 4 is 15.7 Å². The fourth-order valence-electron chi connectivity index (χ4n) is 3.09. The number of nitrogens with zero attached hydrogens (tertiary/aromatic N) is 1. The first kappa shape index (κ1) is 15.3. The second-order valence-electron chi connectivity index (χ2n) is 5.76. The van der Waals surface area contributed by atoms with Gasteiger partial charge in [-0.1, -0.05) is 0 Å². The van der Waals surface area contributed by atoms with Gasteiger partial charge in [-0.15, -0.1) is 0 Å². The minimum Gasteiger partial charge on any atom is -0.486 e. The van der Waals surface area contributed by atoms with Crippen LogP contribution in [0.3, 0.4) is 0 Å². The number of halogens is 1. The van der Waals surface area contributed by atoms with Crippen molar-refractivity contribution in [2.75, 3.05) is 24.1 Å². The number of hydrogen-bond donors (Lipinski definition) is 0. The van der Waals surface area contributed by atoms with E-state index in [4.69, 9.17) is 9.47 Å². The van der Waals surface area contributed by atoms with E-state index in [9.17, 15) is 12.8 Å². The molecule has 24 heavy (non-hydrogen) atoms. The summed E-state index contributed by atoms with van der Waals surface area (Å²) in [7, 11) is -3.75. The van der Waals surface area contributed by atoms with E-state index in [2.05, 4.69) is 0 Å². The van der Waals surface area contributed by atoms with Gasteiger partial charge in [0.1, 0.15) is 19.0 Å². The number of aryl methyl sites for hydroxylation is 1. The van der Waals surface area contributed by atoms with E-state index in [0.717, 1.165) is 0 Å². The van der Waals surface area contributed by atoms with Crippen LogP contribution in [0.4, 0.5) is 10.1 Å².